The zero-order valence-electron chi connectivity index (χ0n) is 10.2. The van der Waals surface area contributed by atoms with Gasteiger partial charge in [-0.05, 0) is 53.3 Å². The number of hydrogen-bond acceptors (Lipinski definition) is 2. The second-order valence-corrected chi connectivity index (χ2v) is 5.73. The van der Waals surface area contributed by atoms with Crippen molar-refractivity contribution in [3.8, 4) is 11.5 Å². The number of ether oxygens (including phenoxy) is 1. The number of nitrogens with one attached hydrogen (secondary N) is 1. The Labute approximate surface area is 128 Å². The molecule has 0 fully saturated rings. The first kappa shape index (κ1) is 14.5. The Kier molecular flexibility index (Phi) is 4.96. The second kappa shape index (κ2) is 6.50. The molecule has 0 spiro atoms. The summed E-state index contributed by atoms with van der Waals surface area (Å²) in [5.41, 5.74) is 1.03. The van der Waals surface area contributed by atoms with E-state index in [1.807, 2.05) is 25.2 Å². The normalized spacial score (nSPS) is 10.5. The van der Waals surface area contributed by atoms with E-state index in [2.05, 4.69) is 37.2 Å². The molecule has 2 aromatic carbocycles. The van der Waals surface area contributed by atoms with Crippen LogP contribution < -0.4 is 10.1 Å². The van der Waals surface area contributed by atoms with Gasteiger partial charge in [0.05, 0.1) is 4.47 Å². The van der Waals surface area contributed by atoms with E-state index in [0.29, 0.717) is 16.8 Å². The highest BCUT2D eigenvalue weighted by Crippen LogP contribution is 2.30. The standard InChI is InChI=1S/C14H12Br2FNO/c1-18-8-9-2-3-10(15)6-14(9)19-11-4-5-13(17)12(16)7-11/h2-7,18H,8H2,1H3. The lowest BCUT2D eigenvalue weighted by Crippen LogP contribution is -2.06. The maximum Gasteiger partial charge on any atom is 0.137 e. The second-order valence-electron chi connectivity index (χ2n) is 3.96. The quantitative estimate of drug-likeness (QED) is 0.807. The highest BCUT2D eigenvalue weighted by Gasteiger charge is 2.07. The van der Waals surface area contributed by atoms with Crippen molar-refractivity contribution < 1.29 is 9.13 Å². The highest BCUT2D eigenvalue weighted by molar-refractivity contribution is 9.10. The molecule has 0 aliphatic heterocycles. The number of benzene rings is 2. The van der Waals surface area contributed by atoms with Crippen molar-refractivity contribution in [2.75, 3.05) is 7.05 Å². The monoisotopic (exact) mass is 387 g/mol. The van der Waals surface area contributed by atoms with Crippen LogP contribution in [0.25, 0.3) is 0 Å². The van der Waals surface area contributed by atoms with Crippen molar-refractivity contribution in [3.05, 3.63) is 56.7 Å². The molecule has 1 N–H and O–H groups in total. The molecular formula is C14H12Br2FNO. The smallest absolute Gasteiger partial charge is 0.137 e. The van der Waals surface area contributed by atoms with Gasteiger partial charge in [0.15, 0.2) is 0 Å². The first-order chi connectivity index (χ1) is 9.10. The molecule has 0 saturated heterocycles. The lowest BCUT2D eigenvalue weighted by molar-refractivity contribution is 0.471. The minimum absolute atomic E-state index is 0.308. The Morgan fingerprint density at radius 2 is 1.95 bits per heavy atom. The Hall–Kier alpha value is -0.910. The van der Waals surface area contributed by atoms with E-state index in [-0.39, 0.29) is 5.82 Å². The Morgan fingerprint density at radius 1 is 1.16 bits per heavy atom. The van der Waals surface area contributed by atoms with Crippen LogP contribution in [0.15, 0.2) is 45.3 Å². The van der Waals surface area contributed by atoms with Crippen LogP contribution in [0.3, 0.4) is 0 Å². The summed E-state index contributed by atoms with van der Waals surface area (Å²) in [5.74, 6) is 1.02. The van der Waals surface area contributed by atoms with Crippen molar-refractivity contribution in [2.45, 2.75) is 6.54 Å². The highest BCUT2D eigenvalue weighted by atomic mass is 79.9. The molecule has 0 atom stereocenters. The SMILES string of the molecule is CNCc1ccc(Br)cc1Oc1ccc(F)c(Br)c1. The van der Waals surface area contributed by atoms with Crippen LogP contribution in [-0.2, 0) is 6.54 Å². The third-order valence-electron chi connectivity index (χ3n) is 2.52. The summed E-state index contributed by atoms with van der Waals surface area (Å²) >= 11 is 6.56. The molecule has 0 radical (unpaired) electrons. The molecule has 2 rings (SSSR count). The van der Waals surface area contributed by atoms with Crippen molar-refractivity contribution >= 4 is 31.9 Å². The van der Waals surface area contributed by atoms with E-state index in [9.17, 15) is 4.39 Å². The summed E-state index contributed by atoms with van der Waals surface area (Å²) in [4.78, 5) is 0. The molecule has 0 saturated carbocycles. The third kappa shape index (κ3) is 3.78. The van der Waals surface area contributed by atoms with E-state index < -0.39 is 0 Å². The minimum Gasteiger partial charge on any atom is -0.457 e. The maximum atomic E-state index is 13.2. The van der Waals surface area contributed by atoms with Gasteiger partial charge in [-0.3, -0.25) is 0 Å². The van der Waals surface area contributed by atoms with Crippen LogP contribution in [0.5, 0.6) is 11.5 Å². The first-order valence-corrected chi connectivity index (χ1v) is 7.24. The molecular weight excluding hydrogens is 377 g/mol. The van der Waals surface area contributed by atoms with Crippen LogP contribution >= 0.6 is 31.9 Å². The molecule has 2 aromatic rings. The molecule has 100 valence electrons. The molecule has 0 heterocycles. The lowest BCUT2D eigenvalue weighted by Gasteiger charge is -2.12. The predicted molar refractivity (Wildman–Crippen MR) is 81.1 cm³/mol. The fourth-order valence-corrected chi connectivity index (χ4v) is 2.33. The molecule has 0 unspecified atom stereocenters. The summed E-state index contributed by atoms with van der Waals surface area (Å²) in [7, 11) is 1.88. The Bertz CT molecular complexity index is 590. The van der Waals surface area contributed by atoms with E-state index in [4.69, 9.17) is 4.74 Å². The average Bonchev–Trinajstić information content (AvgIpc) is 2.37. The van der Waals surface area contributed by atoms with Gasteiger partial charge in [-0.1, -0.05) is 22.0 Å². The molecule has 0 aromatic heterocycles. The minimum atomic E-state index is -0.308. The number of hydrogen-bond donors (Lipinski definition) is 1. The van der Waals surface area contributed by atoms with Gasteiger partial charge in [-0.15, -0.1) is 0 Å². The molecule has 0 amide bonds. The summed E-state index contributed by atoms with van der Waals surface area (Å²) in [6, 6.07) is 10.4. The van der Waals surface area contributed by atoms with Crippen LogP contribution in [-0.4, -0.2) is 7.05 Å². The van der Waals surface area contributed by atoms with E-state index in [1.54, 1.807) is 12.1 Å². The van der Waals surface area contributed by atoms with Crippen LogP contribution in [0.2, 0.25) is 0 Å². The summed E-state index contributed by atoms with van der Waals surface area (Å²) in [6.07, 6.45) is 0. The average molecular weight is 389 g/mol. The summed E-state index contributed by atoms with van der Waals surface area (Å²) < 4.78 is 20.3. The van der Waals surface area contributed by atoms with Gasteiger partial charge in [0.25, 0.3) is 0 Å². The van der Waals surface area contributed by atoms with Gasteiger partial charge in [-0.25, -0.2) is 4.39 Å². The first-order valence-electron chi connectivity index (χ1n) is 5.66. The van der Waals surface area contributed by atoms with Gasteiger partial charge in [-0.2, -0.15) is 0 Å². The fraction of sp³-hybridized carbons (Fsp3) is 0.143. The van der Waals surface area contributed by atoms with Gasteiger partial charge in [0.1, 0.15) is 17.3 Å². The van der Waals surface area contributed by atoms with E-state index >= 15 is 0 Å². The zero-order chi connectivity index (χ0) is 13.8. The molecule has 0 aliphatic rings. The summed E-state index contributed by atoms with van der Waals surface area (Å²) in [5, 5.41) is 3.09. The topological polar surface area (TPSA) is 21.3 Å². The van der Waals surface area contributed by atoms with Crippen molar-refractivity contribution in [2.24, 2.45) is 0 Å². The van der Waals surface area contributed by atoms with Crippen LogP contribution in [0.1, 0.15) is 5.56 Å². The Morgan fingerprint density at radius 3 is 2.63 bits per heavy atom. The van der Waals surface area contributed by atoms with E-state index in [0.717, 1.165) is 15.8 Å². The molecule has 0 bridgehead atoms. The van der Waals surface area contributed by atoms with Crippen molar-refractivity contribution in [1.29, 1.82) is 0 Å². The molecule has 0 aliphatic carbocycles. The third-order valence-corrected chi connectivity index (χ3v) is 3.62. The zero-order valence-corrected chi connectivity index (χ0v) is 13.4. The number of rotatable bonds is 4. The lowest BCUT2D eigenvalue weighted by atomic mass is 10.2. The summed E-state index contributed by atoms with van der Waals surface area (Å²) in [6.45, 7) is 0.699. The fourth-order valence-electron chi connectivity index (χ4n) is 1.63. The van der Waals surface area contributed by atoms with Gasteiger partial charge >= 0.3 is 0 Å². The number of halogens is 3. The molecule has 2 nitrogen and oxygen atoms in total. The van der Waals surface area contributed by atoms with Gasteiger partial charge < -0.3 is 10.1 Å². The van der Waals surface area contributed by atoms with Gasteiger partial charge in [0.2, 0.25) is 0 Å². The van der Waals surface area contributed by atoms with E-state index in [1.165, 1.54) is 6.07 Å². The predicted octanol–water partition coefficient (Wildman–Crippen LogP) is 4.86. The van der Waals surface area contributed by atoms with Crippen LogP contribution in [0, 0.1) is 5.82 Å². The molecule has 5 heteroatoms. The largest absolute Gasteiger partial charge is 0.457 e. The Balaban J connectivity index is 2.30. The molecule has 19 heavy (non-hydrogen) atoms. The van der Waals surface area contributed by atoms with Crippen molar-refractivity contribution in [3.63, 3.8) is 0 Å². The van der Waals surface area contributed by atoms with Crippen molar-refractivity contribution in [1.82, 2.24) is 5.32 Å². The van der Waals surface area contributed by atoms with Gasteiger partial charge in [0, 0.05) is 16.6 Å². The van der Waals surface area contributed by atoms with Crippen LogP contribution in [0.4, 0.5) is 4.39 Å². The maximum absolute atomic E-state index is 13.2.